The number of aryl methyl sites for hydroxylation is 1. The molecule has 0 aliphatic heterocycles. The monoisotopic (exact) mass is 366 g/mol. The number of rotatable bonds is 8. The molecule has 0 unspecified atom stereocenters. The number of halogens is 3. The Balaban J connectivity index is 1.30. The average Bonchev–Trinajstić information content (AvgIpc) is 3.16. The van der Waals surface area contributed by atoms with Crippen molar-refractivity contribution >= 4 is 0 Å². The van der Waals surface area contributed by atoms with Gasteiger partial charge in [-0.3, -0.25) is 0 Å². The van der Waals surface area contributed by atoms with Gasteiger partial charge in [0.2, 0.25) is 0 Å². The van der Waals surface area contributed by atoms with Gasteiger partial charge in [0, 0.05) is 0 Å². The van der Waals surface area contributed by atoms with Crippen LogP contribution in [-0.4, -0.2) is 0 Å². The van der Waals surface area contributed by atoms with Crippen molar-refractivity contribution in [1.82, 2.24) is 0 Å². The predicted molar refractivity (Wildman–Crippen MR) is 101 cm³/mol. The second-order valence-electron chi connectivity index (χ2n) is 8.73. The molecule has 2 aliphatic rings. The third kappa shape index (κ3) is 5.76. The van der Waals surface area contributed by atoms with Gasteiger partial charge < -0.3 is 0 Å². The van der Waals surface area contributed by atoms with Crippen LogP contribution in [0.3, 0.4) is 0 Å². The first-order valence-electron chi connectivity index (χ1n) is 10.7. The second-order valence-corrected chi connectivity index (χ2v) is 8.73. The van der Waals surface area contributed by atoms with E-state index in [-0.39, 0.29) is 0 Å². The molecule has 0 bridgehead atoms. The minimum absolute atomic E-state index is 0.579. The summed E-state index contributed by atoms with van der Waals surface area (Å²) in [4.78, 5) is 0. The summed E-state index contributed by atoms with van der Waals surface area (Å²) in [5, 5.41) is 0. The Hall–Kier alpha value is -0.990. The Labute approximate surface area is 156 Å². The Kier molecular flexibility index (Phi) is 7.45. The summed E-state index contributed by atoms with van der Waals surface area (Å²) < 4.78 is 39.6. The summed E-state index contributed by atoms with van der Waals surface area (Å²) in [5.41, 5.74) is 0.579. The molecular formula is C23H33F3. The summed E-state index contributed by atoms with van der Waals surface area (Å²) in [6, 6.07) is 2.29. The van der Waals surface area contributed by atoms with Gasteiger partial charge in [0.15, 0.2) is 17.5 Å². The van der Waals surface area contributed by atoms with Gasteiger partial charge in [0.25, 0.3) is 0 Å². The quantitative estimate of drug-likeness (QED) is 0.328. The fourth-order valence-electron chi connectivity index (χ4n) is 5.10. The molecule has 1 aromatic rings. The number of benzene rings is 1. The van der Waals surface area contributed by atoms with Gasteiger partial charge in [-0.1, -0.05) is 77.0 Å². The van der Waals surface area contributed by atoms with Gasteiger partial charge in [-0.25, -0.2) is 13.2 Å². The molecule has 0 amide bonds. The van der Waals surface area contributed by atoms with Crippen LogP contribution in [0.4, 0.5) is 13.2 Å². The van der Waals surface area contributed by atoms with Crippen LogP contribution in [0.2, 0.25) is 0 Å². The highest BCUT2D eigenvalue weighted by Gasteiger charge is 2.21. The van der Waals surface area contributed by atoms with Gasteiger partial charge in [-0.05, 0) is 48.3 Å². The van der Waals surface area contributed by atoms with Crippen molar-refractivity contribution in [3.05, 3.63) is 35.1 Å². The minimum atomic E-state index is -1.36. The van der Waals surface area contributed by atoms with Crippen molar-refractivity contribution in [3.8, 4) is 0 Å². The Morgan fingerprint density at radius 2 is 1.12 bits per heavy atom. The third-order valence-electron chi connectivity index (χ3n) is 6.80. The maximum absolute atomic E-state index is 13.3. The van der Waals surface area contributed by atoms with E-state index in [2.05, 4.69) is 0 Å². The lowest BCUT2D eigenvalue weighted by Crippen LogP contribution is -2.15. The first kappa shape index (κ1) is 19.8. The molecule has 0 N–H and O–H groups in total. The van der Waals surface area contributed by atoms with Crippen molar-refractivity contribution in [1.29, 1.82) is 0 Å². The molecule has 2 fully saturated rings. The topological polar surface area (TPSA) is 0 Å². The van der Waals surface area contributed by atoms with Crippen molar-refractivity contribution in [2.75, 3.05) is 0 Å². The molecule has 26 heavy (non-hydrogen) atoms. The fourth-order valence-corrected chi connectivity index (χ4v) is 5.10. The van der Waals surface area contributed by atoms with Gasteiger partial charge in [0.1, 0.15) is 0 Å². The maximum Gasteiger partial charge on any atom is 0.194 e. The average molecular weight is 367 g/mol. The van der Waals surface area contributed by atoms with E-state index in [0.29, 0.717) is 17.9 Å². The minimum Gasteiger partial charge on any atom is -0.204 e. The first-order valence-corrected chi connectivity index (χ1v) is 10.7. The Morgan fingerprint density at radius 1 is 0.654 bits per heavy atom. The van der Waals surface area contributed by atoms with Crippen LogP contribution in [0.5, 0.6) is 0 Å². The highest BCUT2D eigenvalue weighted by Crippen LogP contribution is 2.35. The van der Waals surface area contributed by atoms with E-state index >= 15 is 0 Å². The molecule has 3 rings (SSSR count). The highest BCUT2D eigenvalue weighted by atomic mass is 19.2. The van der Waals surface area contributed by atoms with E-state index in [9.17, 15) is 13.2 Å². The molecule has 0 heterocycles. The molecule has 3 heteroatoms. The molecule has 0 atom stereocenters. The molecule has 1 aromatic carbocycles. The molecule has 2 aliphatic carbocycles. The number of unbranched alkanes of at least 4 members (excludes halogenated alkanes) is 1. The maximum atomic E-state index is 13.3. The second kappa shape index (κ2) is 9.80. The van der Waals surface area contributed by atoms with Crippen molar-refractivity contribution in [2.45, 2.75) is 89.9 Å². The highest BCUT2D eigenvalue weighted by molar-refractivity contribution is 5.19. The van der Waals surface area contributed by atoms with Crippen LogP contribution in [-0.2, 0) is 6.42 Å². The van der Waals surface area contributed by atoms with Crippen LogP contribution in [0.25, 0.3) is 0 Å². The van der Waals surface area contributed by atoms with Gasteiger partial charge >= 0.3 is 0 Å². The van der Waals surface area contributed by atoms with E-state index in [1.165, 1.54) is 77.0 Å². The zero-order valence-electron chi connectivity index (χ0n) is 15.9. The normalized spacial score (nSPS) is 24.3. The van der Waals surface area contributed by atoms with Crippen LogP contribution in [0.15, 0.2) is 12.1 Å². The van der Waals surface area contributed by atoms with Crippen LogP contribution < -0.4 is 0 Å². The molecule has 0 nitrogen and oxygen atoms in total. The Bertz CT molecular complexity index is 532. The lowest BCUT2D eigenvalue weighted by Gasteiger charge is -2.28. The van der Waals surface area contributed by atoms with Crippen molar-refractivity contribution in [2.24, 2.45) is 17.8 Å². The summed E-state index contributed by atoms with van der Waals surface area (Å²) in [6.45, 7) is 0. The van der Waals surface area contributed by atoms with Crippen molar-refractivity contribution in [3.63, 3.8) is 0 Å². The lowest BCUT2D eigenvalue weighted by atomic mass is 9.77. The van der Waals surface area contributed by atoms with E-state index in [0.717, 1.165) is 30.4 Å². The van der Waals surface area contributed by atoms with E-state index in [1.54, 1.807) is 0 Å². The number of hydrogen-bond donors (Lipinski definition) is 0. The van der Waals surface area contributed by atoms with Crippen molar-refractivity contribution < 1.29 is 13.2 Å². The molecular weight excluding hydrogens is 333 g/mol. The molecule has 0 saturated heterocycles. The molecule has 146 valence electrons. The van der Waals surface area contributed by atoms with Crippen LogP contribution in [0.1, 0.15) is 89.0 Å². The zero-order valence-corrected chi connectivity index (χ0v) is 15.9. The zero-order chi connectivity index (χ0) is 18.4. The number of hydrogen-bond acceptors (Lipinski definition) is 0. The standard InChI is InChI=1S/C23H33F3/c24-21-15-20(16-22(25)23(21)26)14-13-19-11-9-18(10-12-19)8-4-3-7-17-5-1-2-6-17/h15-19H,1-14H2/t18-,19-. The summed E-state index contributed by atoms with van der Waals surface area (Å²) in [7, 11) is 0. The fraction of sp³-hybridized carbons (Fsp3) is 0.739. The van der Waals surface area contributed by atoms with Gasteiger partial charge in [0.05, 0.1) is 0 Å². The summed E-state index contributed by atoms with van der Waals surface area (Å²) >= 11 is 0. The predicted octanol–water partition coefficient (Wildman–Crippen LogP) is 7.59. The van der Waals surface area contributed by atoms with Gasteiger partial charge in [-0.15, -0.1) is 0 Å². The van der Waals surface area contributed by atoms with E-state index in [1.807, 2.05) is 0 Å². The van der Waals surface area contributed by atoms with E-state index < -0.39 is 17.5 Å². The smallest absolute Gasteiger partial charge is 0.194 e. The largest absolute Gasteiger partial charge is 0.204 e. The lowest BCUT2D eigenvalue weighted by molar-refractivity contribution is 0.247. The molecule has 0 spiro atoms. The van der Waals surface area contributed by atoms with Gasteiger partial charge in [-0.2, -0.15) is 0 Å². The Morgan fingerprint density at radius 3 is 1.65 bits per heavy atom. The molecule has 0 radical (unpaired) electrons. The third-order valence-corrected chi connectivity index (χ3v) is 6.80. The molecule has 2 saturated carbocycles. The van der Waals surface area contributed by atoms with Crippen LogP contribution >= 0.6 is 0 Å². The summed E-state index contributed by atoms with van der Waals surface area (Å²) in [6.07, 6.45) is 18.1. The first-order chi connectivity index (χ1) is 12.6. The summed E-state index contributed by atoms with van der Waals surface area (Å²) in [5.74, 6) is -0.937. The molecule has 0 aromatic heterocycles. The van der Waals surface area contributed by atoms with Crippen LogP contribution in [0, 0.1) is 35.2 Å². The SMILES string of the molecule is Fc1cc(CC[C@H]2CC[C@H](CCCCC3CCCC3)CC2)cc(F)c1F. The van der Waals surface area contributed by atoms with E-state index in [4.69, 9.17) is 0 Å².